The molecule has 2 rings (SSSR count). The van der Waals surface area contributed by atoms with Crippen LogP contribution in [0.25, 0.3) is 0 Å². The van der Waals surface area contributed by atoms with Gasteiger partial charge in [-0.25, -0.2) is 0 Å². The molecule has 2 aromatic rings. The van der Waals surface area contributed by atoms with Crippen molar-refractivity contribution in [2.75, 3.05) is 44.4 Å². The van der Waals surface area contributed by atoms with Crippen molar-refractivity contribution in [3.05, 3.63) is 54.1 Å². The minimum Gasteiger partial charge on any atom is -0.497 e. The monoisotopic (exact) mass is 398 g/mol. The highest BCUT2D eigenvalue weighted by Gasteiger charge is 2.12. The Morgan fingerprint density at radius 1 is 0.931 bits per heavy atom. The van der Waals surface area contributed by atoms with E-state index in [2.05, 4.69) is 16.0 Å². The van der Waals surface area contributed by atoms with Crippen LogP contribution in [-0.2, 0) is 9.59 Å². The van der Waals surface area contributed by atoms with Crippen molar-refractivity contribution >= 4 is 29.1 Å². The Morgan fingerprint density at radius 3 is 2.10 bits per heavy atom. The number of rotatable bonds is 9. The number of nitrogens with zero attached hydrogens (tertiary/aromatic N) is 1. The summed E-state index contributed by atoms with van der Waals surface area (Å²) in [4.78, 5) is 37.9. The van der Waals surface area contributed by atoms with Crippen molar-refractivity contribution in [1.82, 2.24) is 10.2 Å². The first-order valence-corrected chi connectivity index (χ1v) is 9.21. The number of carbonyl (C=O) groups excluding carboxylic acids is 3. The molecule has 0 unspecified atom stereocenters. The third-order valence-corrected chi connectivity index (χ3v) is 3.93. The van der Waals surface area contributed by atoms with Crippen LogP contribution in [0.5, 0.6) is 5.75 Å². The number of nitrogens with one attached hydrogen (secondary N) is 3. The van der Waals surface area contributed by atoms with E-state index in [9.17, 15) is 14.4 Å². The maximum Gasteiger partial charge on any atom is 0.251 e. The molecule has 29 heavy (non-hydrogen) atoms. The fourth-order valence-corrected chi connectivity index (χ4v) is 2.65. The van der Waals surface area contributed by atoms with E-state index in [0.29, 0.717) is 29.2 Å². The molecule has 2 aromatic carbocycles. The van der Waals surface area contributed by atoms with E-state index < -0.39 is 0 Å². The SMILES string of the molecule is CCNC(=O)c1cccc(NC(=O)CN(C)CC(=O)Nc2cccc(OC)c2)c1. The average molecular weight is 398 g/mol. The van der Waals surface area contributed by atoms with Gasteiger partial charge < -0.3 is 20.7 Å². The van der Waals surface area contributed by atoms with Crippen LogP contribution in [0.2, 0.25) is 0 Å². The molecule has 8 heteroatoms. The molecule has 0 atom stereocenters. The Bertz CT molecular complexity index is 869. The Morgan fingerprint density at radius 2 is 1.52 bits per heavy atom. The summed E-state index contributed by atoms with van der Waals surface area (Å²) < 4.78 is 5.12. The maximum absolute atomic E-state index is 12.3. The summed E-state index contributed by atoms with van der Waals surface area (Å²) in [5.74, 6) is -0.0816. The molecule has 0 spiro atoms. The lowest BCUT2D eigenvalue weighted by molar-refractivity contribution is -0.119. The predicted molar refractivity (Wildman–Crippen MR) is 112 cm³/mol. The van der Waals surface area contributed by atoms with E-state index in [-0.39, 0.29) is 30.8 Å². The van der Waals surface area contributed by atoms with Gasteiger partial charge in [0.2, 0.25) is 11.8 Å². The Kier molecular flexibility index (Phi) is 8.17. The van der Waals surface area contributed by atoms with E-state index in [1.54, 1.807) is 67.6 Å². The van der Waals surface area contributed by atoms with Gasteiger partial charge in [0.1, 0.15) is 5.75 Å². The van der Waals surface area contributed by atoms with Gasteiger partial charge in [-0.3, -0.25) is 19.3 Å². The first kappa shape index (κ1) is 21.9. The van der Waals surface area contributed by atoms with E-state index in [1.807, 2.05) is 6.92 Å². The van der Waals surface area contributed by atoms with Crippen LogP contribution >= 0.6 is 0 Å². The number of amides is 3. The molecular weight excluding hydrogens is 372 g/mol. The van der Waals surface area contributed by atoms with Crippen molar-refractivity contribution in [1.29, 1.82) is 0 Å². The number of hydrogen-bond donors (Lipinski definition) is 3. The molecule has 3 N–H and O–H groups in total. The van der Waals surface area contributed by atoms with Crippen molar-refractivity contribution in [2.24, 2.45) is 0 Å². The molecule has 0 heterocycles. The Balaban J connectivity index is 1.84. The van der Waals surface area contributed by atoms with Gasteiger partial charge in [-0.05, 0) is 44.3 Å². The van der Waals surface area contributed by atoms with E-state index in [4.69, 9.17) is 4.74 Å². The van der Waals surface area contributed by atoms with E-state index >= 15 is 0 Å². The molecule has 0 fully saturated rings. The lowest BCUT2D eigenvalue weighted by Gasteiger charge is -2.16. The molecule has 0 saturated carbocycles. The molecule has 0 bridgehead atoms. The molecule has 0 aliphatic rings. The highest BCUT2D eigenvalue weighted by Crippen LogP contribution is 2.16. The smallest absolute Gasteiger partial charge is 0.251 e. The van der Waals surface area contributed by atoms with Gasteiger partial charge in [0, 0.05) is 29.5 Å². The van der Waals surface area contributed by atoms with Gasteiger partial charge in [-0.2, -0.15) is 0 Å². The van der Waals surface area contributed by atoms with Crippen LogP contribution in [-0.4, -0.2) is 56.4 Å². The first-order chi connectivity index (χ1) is 13.9. The van der Waals surface area contributed by atoms with Crippen LogP contribution in [0.15, 0.2) is 48.5 Å². The van der Waals surface area contributed by atoms with Gasteiger partial charge in [-0.1, -0.05) is 12.1 Å². The maximum atomic E-state index is 12.3. The second-order valence-electron chi connectivity index (χ2n) is 6.44. The number of benzene rings is 2. The molecule has 154 valence electrons. The largest absolute Gasteiger partial charge is 0.497 e. The van der Waals surface area contributed by atoms with Gasteiger partial charge in [0.25, 0.3) is 5.91 Å². The normalized spacial score (nSPS) is 10.3. The van der Waals surface area contributed by atoms with Gasteiger partial charge in [-0.15, -0.1) is 0 Å². The molecule has 0 aliphatic heterocycles. The first-order valence-electron chi connectivity index (χ1n) is 9.21. The minimum atomic E-state index is -0.283. The molecule has 0 aromatic heterocycles. The fourth-order valence-electron chi connectivity index (χ4n) is 2.65. The summed E-state index contributed by atoms with van der Waals surface area (Å²) in [6, 6.07) is 13.7. The highest BCUT2D eigenvalue weighted by molar-refractivity contribution is 5.98. The van der Waals surface area contributed by atoms with Crippen LogP contribution < -0.4 is 20.7 Å². The van der Waals surface area contributed by atoms with Gasteiger partial charge >= 0.3 is 0 Å². The predicted octanol–water partition coefficient (Wildman–Crippen LogP) is 1.95. The zero-order valence-corrected chi connectivity index (χ0v) is 16.8. The average Bonchev–Trinajstić information content (AvgIpc) is 2.68. The number of methoxy groups -OCH3 is 1. The van der Waals surface area contributed by atoms with Crippen molar-refractivity contribution in [2.45, 2.75) is 6.92 Å². The second-order valence-corrected chi connectivity index (χ2v) is 6.44. The number of ether oxygens (including phenoxy) is 1. The second kappa shape index (κ2) is 10.8. The molecule has 0 aliphatic carbocycles. The molecule has 8 nitrogen and oxygen atoms in total. The Labute approximate surface area is 170 Å². The summed E-state index contributed by atoms with van der Waals surface area (Å²) in [5, 5.41) is 8.22. The van der Waals surface area contributed by atoms with Crippen LogP contribution in [0.3, 0.4) is 0 Å². The molecule has 3 amide bonds. The minimum absolute atomic E-state index is 0.0247. The van der Waals surface area contributed by atoms with Gasteiger partial charge in [0.15, 0.2) is 0 Å². The zero-order valence-electron chi connectivity index (χ0n) is 16.8. The standard InChI is InChI=1S/C21H26N4O4/c1-4-22-21(28)15-7-5-8-16(11-15)23-19(26)13-25(2)14-20(27)24-17-9-6-10-18(12-17)29-3/h5-12H,4,13-14H2,1-3H3,(H,22,28)(H,23,26)(H,24,27). The number of hydrogen-bond acceptors (Lipinski definition) is 5. The van der Waals surface area contributed by atoms with E-state index in [0.717, 1.165) is 0 Å². The quantitative estimate of drug-likeness (QED) is 0.600. The third kappa shape index (κ3) is 7.27. The zero-order chi connectivity index (χ0) is 21.2. The Hall–Kier alpha value is -3.39. The summed E-state index contributed by atoms with van der Waals surface area (Å²) in [5.41, 5.74) is 1.61. The fraction of sp³-hybridized carbons (Fsp3) is 0.286. The van der Waals surface area contributed by atoms with Crippen molar-refractivity contribution in [3.63, 3.8) is 0 Å². The van der Waals surface area contributed by atoms with Crippen LogP contribution in [0, 0.1) is 0 Å². The van der Waals surface area contributed by atoms with Crippen LogP contribution in [0.4, 0.5) is 11.4 Å². The molecule has 0 radical (unpaired) electrons. The lowest BCUT2D eigenvalue weighted by atomic mass is 10.2. The summed E-state index contributed by atoms with van der Waals surface area (Å²) in [7, 11) is 3.23. The molecular formula is C21H26N4O4. The number of anilines is 2. The van der Waals surface area contributed by atoms with Crippen molar-refractivity contribution < 1.29 is 19.1 Å². The van der Waals surface area contributed by atoms with E-state index in [1.165, 1.54) is 0 Å². The lowest BCUT2D eigenvalue weighted by Crippen LogP contribution is -2.36. The third-order valence-electron chi connectivity index (χ3n) is 3.93. The topological polar surface area (TPSA) is 99.8 Å². The summed E-state index contributed by atoms with van der Waals surface area (Å²) in [6.07, 6.45) is 0. The van der Waals surface area contributed by atoms with Crippen molar-refractivity contribution in [3.8, 4) is 5.75 Å². The van der Waals surface area contributed by atoms with Gasteiger partial charge in [0.05, 0.1) is 20.2 Å². The summed E-state index contributed by atoms with van der Waals surface area (Å²) in [6.45, 7) is 2.43. The number of likely N-dealkylation sites (N-methyl/N-ethyl adjacent to an activating group) is 1. The highest BCUT2D eigenvalue weighted by atomic mass is 16.5. The number of carbonyl (C=O) groups is 3. The van der Waals surface area contributed by atoms with Crippen LogP contribution in [0.1, 0.15) is 17.3 Å². The summed E-state index contributed by atoms with van der Waals surface area (Å²) >= 11 is 0. The molecule has 0 saturated heterocycles.